The minimum absolute atomic E-state index is 0. The summed E-state index contributed by atoms with van der Waals surface area (Å²) in [5, 5.41) is 3.23. The molecule has 2 aromatic heterocycles. The van der Waals surface area contributed by atoms with Crippen LogP contribution < -0.4 is 15.6 Å². The van der Waals surface area contributed by atoms with Gasteiger partial charge in [0.15, 0.2) is 0 Å². The minimum Gasteiger partial charge on any atom is -0.492 e. The van der Waals surface area contributed by atoms with Crippen molar-refractivity contribution in [2.45, 2.75) is 64.1 Å². The fourth-order valence-electron chi connectivity index (χ4n) is 5.82. The maximum Gasteiger partial charge on any atom is 0.325 e. The van der Waals surface area contributed by atoms with Crippen molar-refractivity contribution in [2.24, 2.45) is 13.0 Å². The summed E-state index contributed by atoms with van der Waals surface area (Å²) in [6.07, 6.45) is 7.97. The molecular formula is C31H43ClN4O6. The van der Waals surface area contributed by atoms with E-state index in [0.29, 0.717) is 24.6 Å². The first kappa shape index (κ1) is 32.0. The third kappa shape index (κ3) is 7.72. The van der Waals surface area contributed by atoms with Crippen molar-refractivity contribution < 1.29 is 23.7 Å². The lowest BCUT2D eigenvalue weighted by Crippen LogP contribution is -2.44. The number of benzene rings is 1. The predicted molar refractivity (Wildman–Crippen MR) is 163 cm³/mol. The average Bonchev–Trinajstić information content (AvgIpc) is 3.61. The van der Waals surface area contributed by atoms with Gasteiger partial charge in [0, 0.05) is 63.9 Å². The fraction of sp³-hybridized carbons (Fsp3) is 0.581. The summed E-state index contributed by atoms with van der Waals surface area (Å²) in [4.78, 5) is 30.0. The van der Waals surface area contributed by atoms with Crippen LogP contribution in [-0.2, 0) is 32.6 Å². The summed E-state index contributed by atoms with van der Waals surface area (Å²) in [6.45, 7) is 5.28. The molecule has 0 radical (unpaired) electrons. The van der Waals surface area contributed by atoms with Gasteiger partial charge in [-0.25, -0.2) is 4.98 Å². The highest BCUT2D eigenvalue weighted by molar-refractivity contribution is 5.85. The van der Waals surface area contributed by atoms with Gasteiger partial charge in [0.05, 0.1) is 17.6 Å². The molecule has 1 N–H and O–H groups in total. The number of pyridine rings is 1. The molecule has 3 heterocycles. The second-order valence-corrected chi connectivity index (χ2v) is 11.2. The number of ether oxygens (including phenoxy) is 4. The van der Waals surface area contributed by atoms with Gasteiger partial charge in [-0.05, 0) is 69.6 Å². The lowest BCUT2D eigenvalue weighted by atomic mass is 10.00. The lowest BCUT2D eigenvalue weighted by Gasteiger charge is -2.23. The number of aromatic nitrogens is 3. The third-order valence-corrected chi connectivity index (χ3v) is 8.09. The Morgan fingerprint density at radius 3 is 2.64 bits per heavy atom. The Bertz CT molecular complexity index is 1370. The second kappa shape index (κ2) is 15.0. The molecule has 1 saturated heterocycles. The Morgan fingerprint density at radius 2 is 1.93 bits per heavy atom. The van der Waals surface area contributed by atoms with Crippen LogP contribution >= 0.6 is 12.4 Å². The van der Waals surface area contributed by atoms with Crippen LogP contribution in [0.1, 0.15) is 44.1 Å². The Balaban J connectivity index is 0.00000405. The monoisotopic (exact) mass is 602 g/mol. The summed E-state index contributed by atoms with van der Waals surface area (Å²) in [6, 6.07) is 7.32. The number of fused-ring (bicyclic) bond motifs is 1. The van der Waals surface area contributed by atoms with Crippen molar-refractivity contribution in [3.05, 3.63) is 46.4 Å². The van der Waals surface area contributed by atoms with E-state index in [1.807, 2.05) is 37.4 Å². The molecule has 0 unspecified atom stereocenters. The second-order valence-electron chi connectivity index (χ2n) is 11.2. The quantitative estimate of drug-likeness (QED) is 0.245. The predicted octanol–water partition coefficient (Wildman–Crippen LogP) is 4.03. The van der Waals surface area contributed by atoms with Gasteiger partial charge < -0.3 is 28.1 Å². The molecule has 1 aliphatic heterocycles. The molecule has 10 nitrogen and oxygen atoms in total. The highest BCUT2D eigenvalue weighted by atomic mass is 35.5. The van der Waals surface area contributed by atoms with Gasteiger partial charge in [0.2, 0.25) is 0 Å². The Hall–Kier alpha value is -2.92. The molecular weight excluding hydrogens is 560 g/mol. The number of imidazole rings is 1. The van der Waals surface area contributed by atoms with Crippen molar-refractivity contribution in [2.75, 3.05) is 40.1 Å². The van der Waals surface area contributed by atoms with E-state index < -0.39 is 6.04 Å². The summed E-state index contributed by atoms with van der Waals surface area (Å²) in [7, 11) is 3.35. The molecule has 1 aliphatic carbocycles. The van der Waals surface area contributed by atoms with E-state index in [0.717, 1.165) is 86.5 Å². The van der Waals surface area contributed by atoms with E-state index in [9.17, 15) is 9.59 Å². The largest absolute Gasteiger partial charge is 0.492 e. The lowest BCUT2D eigenvalue weighted by molar-refractivity contribution is -0.152. The van der Waals surface area contributed by atoms with Gasteiger partial charge in [0.25, 0.3) is 5.56 Å². The number of methoxy groups -OCH3 is 1. The van der Waals surface area contributed by atoms with Gasteiger partial charge in [-0.15, -0.1) is 12.4 Å². The van der Waals surface area contributed by atoms with Crippen LogP contribution in [0.15, 0.2) is 35.3 Å². The van der Waals surface area contributed by atoms with Crippen LogP contribution in [0.4, 0.5) is 0 Å². The number of nitrogens with zero attached hydrogens (tertiary/aromatic N) is 3. The number of hydrogen-bond acceptors (Lipinski definition) is 8. The molecule has 42 heavy (non-hydrogen) atoms. The highest BCUT2D eigenvalue weighted by Crippen LogP contribution is 2.30. The molecule has 2 fully saturated rings. The van der Waals surface area contributed by atoms with E-state index >= 15 is 0 Å². The Kier molecular flexibility index (Phi) is 11.4. The molecule has 2 aliphatic rings. The maximum atomic E-state index is 12.6. The van der Waals surface area contributed by atoms with Crippen LogP contribution in [0.25, 0.3) is 22.4 Å². The molecule has 230 valence electrons. The first-order valence-corrected chi connectivity index (χ1v) is 14.7. The molecule has 5 rings (SSSR count). The number of carbonyl (C=O) groups excluding carboxylic acids is 1. The molecule has 0 amide bonds. The Labute approximate surface area is 253 Å². The topological polar surface area (TPSA) is 106 Å². The standard InChI is InChI=1S/C31H42N4O6.ClH/c1-21-16-23(19-34(2)30(21)36)29-33-26-9-8-25(17-28(26)35(29)18-22-10-13-39-14-11-22)40-15-12-32-27(20-38-3)31(37)41-24-6-4-5-7-24;/h8-9,16-17,19,22,24,27,32H,4-7,10-15,18,20H2,1-3H3;1H/t27-;/m0./s1. The van der Waals surface area contributed by atoms with Crippen molar-refractivity contribution in [3.8, 4) is 17.1 Å². The summed E-state index contributed by atoms with van der Waals surface area (Å²) in [5.41, 5.74) is 3.45. The van der Waals surface area contributed by atoms with Gasteiger partial charge in [-0.1, -0.05) is 0 Å². The number of halogens is 1. The van der Waals surface area contributed by atoms with Crippen molar-refractivity contribution >= 4 is 29.4 Å². The van der Waals surface area contributed by atoms with Crippen LogP contribution in [0.2, 0.25) is 0 Å². The van der Waals surface area contributed by atoms with E-state index in [1.54, 1.807) is 18.7 Å². The normalized spacial score (nSPS) is 16.8. The van der Waals surface area contributed by atoms with E-state index in [2.05, 4.69) is 9.88 Å². The zero-order chi connectivity index (χ0) is 28.8. The first-order chi connectivity index (χ1) is 19.9. The number of nitrogens with one attached hydrogen (secondary N) is 1. The Morgan fingerprint density at radius 1 is 1.17 bits per heavy atom. The van der Waals surface area contributed by atoms with Gasteiger partial charge in [-0.2, -0.15) is 0 Å². The van der Waals surface area contributed by atoms with Gasteiger partial charge >= 0.3 is 5.97 Å². The van der Waals surface area contributed by atoms with Crippen molar-refractivity contribution in [1.29, 1.82) is 0 Å². The summed E-state index contributed by atoms with van der Waals surface area (Å²) in [5.74, 6) is 1.78. The van der Waals surface area contributed by atoms with Crippen molar-refractivity contribution in [3.63, 3.8) is 0 Å². The van der Waals surface area contributed by atoms with E-state index in [-0.39, 0.29) is 36.6 Å². The molecule has 0 spiro atoms. The number of hydrogen-bond donors (Lipinski definition) is 1. The SMILES string of the molecule is COC[C@H](NCCOc1ccc2nc(-c3cc(C)c(=O)n(C)c3)n(CC3CCOCC3)c2c1)C(=O)OC1CCCC1.Cl. The molecule has 3 aromatic rings. The summed E-state index contributed by atoms with van der Waals surface area (Å²) < 4.78 is 26.5. The number of carbonyl (C=O) groups is 1. The number of aryl methyl sites for hydroxylation is 2. The maximum absolute atomic E-state index is 12.6. The number of esters is 1. The first-order valence-electron chi connectivity index (χ1n) is 14.7. The zero-order valence-corrected chi connectivity index (χ0v) is 25.6. The van der Waals surface area contributed by atoms with Gasteiger partial charge in [0.1, 0.15) is 30.3 Å². The van der Waals surface area contributed by atoms with Crippen LogP contribution in [0.3, 0.4) is 0 Å². The average molecular weight is 603 g/mol. The number of rotatable bonds is 12. The molecule has 1 aromatic carbocycles. The fourth-order valence-corrected chi connectivity index (χ4v) is 5.82. The van der Waals surface area contributed by atoms with Crippen LogP contribution in [-0.4, -0.2) is 72.3 Å². The van der Waals surface area contributed by atoms with E-state index in [1.165, 1.54) is 0 Å². The molecule has 11 heteroatoms. The molecule has 1 saturated carbocycles. The third-order valence-electron chi connectivity index (χ3n) is 8.09. The van der Waals surface area contributed by atoms with Crippen LogP contribution in [0, 0.1) is 12.8 Å². The zero-order valence-electron chi connectivity index (χ0n) is 24.8. The summed E-state index contributed by atoms with van der Waals surface area (Å²) >= 11 is 0. The minimum atomic E-state index is -0.527. The van der Waals surface area contributed by atoms with E-state index in [4.69, 9.17) is 23.9 Å². The molecule has 1 atom stereocenters. The van der Waals surface area contributed by atoms with Crippen LogP contribution in [0.5, 0.6) is 5.75 Å². The van der Waals surface area contributed by atoms with Crippen molar-refractivity contribution in [1.82, 2.24) is 19.4 Å². The smallest absolute Gasteiger partial charge is 0.325 e. The molecule has 0 bridgehead atoms. The highest BCUT2D eigenvalue weighted by Gasteiger charge is 2.25. The van der Waals surface area contributed by atoms with Gasteiger partial charge in [-0.3, -0.25) is 14.9 Å².